The lowest BCUT2D eigenvalue weighted by Gasteiger charge is -2.37. The first kappa shape index (κ1) is 31.3. The van der Waals surface area contributed by atoms with Gasteiger partial charge in [0.2, 0.25) is 5.91 Å². The maximum atomic E-state index is 12.1. The van der Waals surface area contributed by atoms with E-state index in [1.54, 1.807) is 0 Å². The number of nitrogens with one attached hydrogen (secondary N) is 2. The maximum Gasteiger partial charge on any atom is 0.407 e. The van der Waals surface area contributed by atoms with E-state index in [0.717, 1.165) is 62.5 Å². The SMILES string of the molecule is NC(=O)C12CCCC(NC(=O)OCc3ccccc3)(CC1)C2.O=C(NC12CCCC(C(=O)O)(CC1)C2)OCc1ccccc1. The first-order valence-electron chi connectivity index (χ1n) is 15.6. The second-order valence-electron chi connectivity index (χ2n) is 13.2. The Morgan fingerprint density at radius 3 is 1.52 bits per heavy atom. The average Bonchev–Trinajstić information content (AvgIpc) is 3.45. The summed E-state index contributed by atoms with van der Waals surface area (Å²) in [6.07, 6.45) is 8.27. The van der Waals surface area contributed by atoms with Crippen LogP contribution < -0.4 is 16.4 Å². The molecule has 5 N–H and O–H groups in total. The van der Waals surface area contributed by atoms with E-state index in [2.05, 4.69) is 10.6 Å². The molecule has 4 aliphatic carbocycles. The van der Waals surface area contributed by atoms with Crippen LogP contribution in [0.25, 0.3) is 0 Å². The second kappa shape index (κ2) is 12.9. The van der Waals surface area contributed by atoms with Crippen LogP contribution in [0.1, 0.15) is 88.2 Å². The minimum absolute atomic E-state index is 0.228. The molecule has 44 heavy (non-hydrogen) atoms. The van der Waals surface area contributed by atoms with Crippen molar-refractivity contribution in [1.29, 1.82) is 0 Å². The normalized spacial score (nSPS) is 29.8. The van der Waals surface area contributed by atoms with Gasteiger partial charge in [-0.3, -0.25) is 9.59 Å². The lowest BCUT2D eigenvalue weighted by molar-refractivity contribution is -0.150. The van der Waals surface area contributed by atoms with Gasteiger partial charge in [0.05, 0.1) is 10.8 Å². The van der Waals surface area contributed by atoms with Gasteiger partial charge in [-0.25, -0.2) is 9.59 Å². The predicted molar refractivity (Wildman–Crippen MR) is 162 cm³/mol. The Bertz CT molecular complexity index is 1250. The molecule has 4 atom stereocenters. The van der Waals surface area contributed by atoms with Gasteiger partial charge in [-0.2, -0.15) is 0 Å². The number of carboxylic acids is 1. The summed E-state index contributed by atoms with van der Waals surface area (Å²) >= 11 is 0. The number of hydrogen-bond acceptors (Lipinski definition) is 6. The van der Waals surface area contributed by atoms with E-state index in [9.17, 15) is 24.3 Å². The molecule has 10 nitrogen and oxygen atoms in total. The van der Waals surface area contributed by atoms with Crippen LogP contribution in [-0.4, -0.2) is 40.2 Å². The standard InChI is InChI=1S/C17H22N2O3.C17H21NO4/c18-14(20)16-7-4-8-17(12-16,10-9-16)19-15(21)22-11-13-5-2-1-3-6-13;19-14(20)16-7-4-8-17(12-16,10-9-16)18-15(21)22-11-13-5-2-1-3-6-13/h1-3,5-6H,4,7-12H2,(H2,18,20)(H,19,21);1-3,5-6H,4,7-12H2,(H,18,21)(H,19,20). The molecule has 0 aromatic heterocycles. The highest BCUT2D eigenvalue weighted by Crippen LogP contribution is 2.54. The molecule has 0 radical (unpaired) electrons. The third kappa shape index (κ3) is 7.00. The van der Waals surface area contributed by atoms with Gasteiger partial charge in [0, 0.05) is 11.1 Å². The van der Waals surface area contributed by atoms with E-state index in [1.807, 2.05) is 60.7 Å². The highest BCUT2D eigenvalue weighted by molar-refractivity contribution is 5.82. The van der Waals surface area contributed by atoms with Crippen molar-refractivity contribution < 1.29 is 33.8 Å². The van der Waals surface area contributed by atoms with Crippen LogP contribution in [0.3, 0.4) is 0 Å². The number of benzene rings is 2. The molecule has 0 spiro atoms. The van der Waals surface area contributed by atoms with Gasteiger partial charge in [-0.05, 0) is 81.8 Å². The number of ether oxygens (including phenoxy) is 2. The van der Waals surface area contributed by atoms with Gasteiger partial charge in [0.25, 0.3) is 0 Å². The number of rotatable bonds is 8. The number of hydrogen-bond donors (Lipinski definition) is 4. The van der Waals surface area contributed by atoms with Crippen LogP contribution in [0, 0.1) is 10.8 Å². The van der Waals surface area contributed by atoms with Gasteiger partial charge in [0.15, 0.2) is 0 Å². The molecule has 3 amide bonds. The molecule has 4 saturated carbocycles. The van der Waals surface area contributed by atoms with Gasteiger partial charge in [-0.15, -0.1) is 0 Å². The number of nitrogens with two attached hydrogens (primary N) is 1. The fraction of sp³-hybridized carbons (Fsp3) is 0.529. The number of carbonyl (C=O) groups excluding carboxylic acids is 3. The number of aliphatic carboxylic acids is 1. The number of alkyl carbamates (subject to hydrolysis) is 2. The van der Waals surface area contributed by atoms with Gasteiger partial charge < -0.3 is 30.9 Å². The van der Waals surface area contributed by atoms with Gasteiger partial charge >= 0.3 is 18.2 Å². The van der Waals surface area contributed by atoms with Crippen molar-refractivity contribution in [2.75, 3.05) is 0 Å². The van der Waals surface area contributed by atoms with E-state index in [4.69, 9.17) is 15.2 Å². The molecule has 0 heterocycles. The van der Waals surface area contributed by atoms with Crippen LogP contribution in [0.4, 0.5) is 9.59 Å². The third-order valence-electron chi connectivity index (χ3n) is 10.3. The second-order valence-corrected chi connectivity index (χ2v) is 13.2. The molecule has 0 saturated heterocycles. The van der Waals surface area contributed by atoms with E-state index in [1.165, 1.54) is 0 Å². The molecule has 6 rings (SSSR count). The summed E-state index contributed by atoms with van der Waals surface area (Å²) in [4.78, 5) is 47.4. The monoisotopic (exact) mass is 605 g/mol. The zero-order valence-electron chi connectivity index (χ0n) is 25.1. The number of amides is 3. The fourth-order valence-corrected chi connectivity index (χ4v) is 7.90. The smallest absolute Gasteiger partial charge is 0.407 e. The van der Waals surface area contributed by atoms with E-state index >= 15 is 0 Å². The lowest BCUT2D eigenvalue weighted by atomic mass is 9.72. The highest BCUT2D eigenvalue weighted by atomic mass is 16.6. The predicted octanol–water partition coefficient (Wildman–Crippen LogP) is 5.58. The third-order valence-corrected chi connectivity index (χ3v) is 10.3. The number of primary amides is 1. The van der Waals surface area contributed by atoms with E-state index in [-0.39, 0.29) is 24.7 Å². The van der Waals surface area contributed by atoms with Crippen molar-refractivity contribution >= 4 is 24.1 Å². The summed E-state index contributed by atoms with van der Waals surface area (Å²) < 4.78 is 10.6. The molecule has 4 bridgehead atoms. The topological polar surface area (TPSA) is 157 Å². The summed E-state index contributed by atoms with van der Waals surface area (Å²) in [5.41, 5.74) is 5.68. The van der Waals surface area contributed by atoms with Crippen molar-refractivity contribution in [2.24, 2.45) is 16.6 Å². The van der Waals surface area contributed by atoms with Crippen LogP contribution in [-0.2, 0) is 32.3 Å². The summed E-state index contributed by atoms with van der Waals surface area (Å²) in [5, 5.41) is 15.4. The molecule has 2 aromatic carbocycles. The minimum atomic E-state index is -0.728. The summed E-state index contributed by atoms with van der Waals surface area (Å²) in [7, 11) is 0. The molecule has 10 heteroatoms. The fourth-order valence-electron chi connectivity index (χ4n) is 7.90. The summed E-state index contributed by atoms with van der Waals surface area (Å²) in [6, 6.07) is 19.1. The Labute approximate surface area is 258 Å². The quantitative estimate of drug-likeness (QED) is 0.306. The number of carboxylic acid groups (broad SMARTS) is 1. The van der Waals surface area contributed by atoms with Crippen molar-refractivity contribution in [3.8, 4) is 0 Å². The minimum Gasteiger partial charge on any atom is -0.481 e. The Balaban J connectivity index is 0.000000175. The molecule has 236 valence electrons. The Morgan fingerprint density at radius 2 is 1.07 bits per heavy atom. The molecule has 2 aromatic rings. The van der Waals surface area contributed by atoms with E-state index in [0.29, 0.717) is 25.7 Å². The van der Waals surface area contributed by atoms with Crippen molar-refractivity contribution in [1.82, 2.24) is 10.6 Å². The van der Waals surface area contributed by atoms with Crippen LogP contribution in [0.2, 0.25) is 0 Å². The molecule has 4 fully saturated rings. The van der Waals surface area contributed by atoms with Gasteiger partial charge in [-0.1, -0.05) is 67.1 Å². The van der Waals surface area contributed by atoms with Crippen LogP contribution in [0.15, 0.2) is 60.7 Å². The summed E-state index contributed by atoms with van der Waals surface area (Å²) in [6.45, 7) is 0.483. The lowest BCUT2D eigenvalue weighted by Crippen LogP contribution is -2.51. The number of carbonyl (C=O) groups is 4. The molecular weight excluding hydrogens is 562 g/mol. The van der Waals surface area contributed by atoms with Crippen molar-refractivity contribution in [3.05, 3.63) is 71.8 Å². The highest BCUT2D eigenvalue weighted by Gasteiger charge is 2.56. The van der Waals surface area contributed by atoms with Crippen LogP contribution in [0.5, 0.6) is 0 Å². The van der Waals surface area contributed by atoms with E-state index < -0.39 is 34.5 Å². The molecule has 0 aliphatic heterocycles. The summed E-state index contributed by atoms with van der Waals surface area (Å²) in [5.74, 6) is -0.956. The molecular formula is C34H43N3O7. The Kier molecular flexibility index (Phi) is 9.18. The molecule has 4 aliphatic rings. The van der Waals surface area contributed by atoms with Crippen LogP contribution >= 0.6 is 0 Å². The first-order valence-corrected chi connectivity index (χ1v) is 15.6. The zero-order valence-corrected chi connectivity index (χ0v) is 25.1. The first-order chi connectivity index (χ1) is 21.1. The average molecular weight is 606 g/mol. The van der Waals surface area contributed by atoms with Gasteiger partial charge in [0.1, 0.15) is 13.2 Å². The Morgan fingerprint density at radius 1 is 0.636 bits per heavy atom. The zero-order chi connectivity index (χ0) is 31.3. The largest absolute Gasteiger partial charge is 0.481 e. The van der Waals surface area contributed by atoms with Crippen molar-refractivity contribution in [3.63, 3.8) is 0 Å². The Hall–Kier alpha value is -4.08. The molecule has 4 unspecified atom stereocenters. The van der Waals surface area contributed by atoms with Crippen molar-refractivity contribution in [2.45, 2.75) is 101 Å². The maximum absolute atomic E-state index is 12.1. The number of fused-ring (bicyclic) bond motifs is 4.